The molecule has 0 heterocycles. The summed E-state index contributed by atoms with van der Waals surface area (Å²) >= 11 is 0. The molecule has 3 heteroatoms. The second-order valence-corrected chi connectivity index (χ2v) is 3.61. The number of likely N-dealkylation sites (N-methyl/N-ethyl adjacent to an activating group) is 1. The van der Waals surface area contributed by atoms with E-state index in [4.69, 9.17) is 4.74 Å². The third kappa shape index (κ3) is 3.51. The van der Waals surface area contributed by atoms with E-state index in [1.807, 2.05) is 14.0 Å². The van der Waals surface area contributed by atoms with Gasteiger partial charge in [-0.2, -0.15) is 0 Å². The van der Waals surface area contributed by atoms with E-state index in [1.54, 1.807) is 6.07 Å². The first-order valence-corrected chi connectivity index (χ1v) is 5.23. The molecule has 0 bridgehead atoms. The highest BCUT2D eigenvalue weighted by molar-refractivity contribution is 5.32. The normalized spacial score (nSPS) is 12.5. The molecule has 0 aliphatic rings. The number of rotatable bonds is 5. The van der Waals surface area contributed by atoms with Gasteiger partial charge in [0, 0.05) is 6.04 Å². The molecule has 2 nitrogen and oxygen atoms in total. The van der Waals surface area contributed by atoms with Crippen LogP contribution in [0.4, 0.5) is 4.39 Å². The summed E-state index contributed by atoms with van der Waals surface area (Å²) in [4.78, 5) is 0. The van der Waals surface area contributed by atoms with Crippen LogP contribution in [-0.2, 0) is 0 Å². The van der Waals surface area contributed by atoms with E-state index in [2.05, 4.69) is 12.2 Å². The van der Waals surface area contributed by atoms with E-state index in [-0.39, 0.29) is 5.82 Å². The number of halogens is 1. The smallest absolute Gasteiger partial charge is 0.123 e. The van der Waals surface area contributed by atoms with Gasteiger partial charge in [-0.1, -0.05) is 6.92 Å². The van der Waals surface area contributed by atoms with Crippen LogP contribution in [0.3, 0.4) is 0 Å². The summed E-state index contributed by atoms with van der Waals surface area (Å²) in [5.74, 6) is 0.533. The molecule has 0 spiro atoms. The lowest BCUT2D eigenvalue weighted by atomic mass is 10.2. The number of hydrogen-bond donors (Lipinski definition) is 1. The largest absolute Gasteiger partial charge is 0.492 e. The fourth-order valence-electron chi connectivity index (χ4n) is 1.37. The van der Waals surface area contributed by atoms with Gasteiger partial charge >= 0.3 is 0 Å². The highest BCUT2D eigenvalue weighted by atomic mass is 19.1. The summed E-state index contributed by atoms with van der Waals surface area (Å²) in [5.41, 5.74) is 0.834. The van der Waals surface area contributed by atoms with Gasteiger partial charge in [0.1, 0.15) is 18.2 Å². The molecule has 0 aromatic heterocycles. The van der Waals surface area contributed by atoms with Crippen LogP contribution in [0.15, 0.2) is 18.2 Å². The van der Waals surface area contributed by atoms with Crippen LogP contribution >= 0.6 is 0 Å². The van der Waals surface area contributed by atoms with E-state index in [0.29, 0.717) is 12.6 Å². The Morgan fingerprint density at radius 3 is 2.73 bits per heavy atom. The maximum absolute atomic E-state index is 12.8. The number of nitrogens with one attached hydrogen (secondary N) is 1. The van der Waals surface area contributed by atoms with Gasteiger partial charge in [-0.3, -0.25) is 0 Å². The second kappa shape index (κ2) is 5.71. The summed E-state index contributed by atoms with van der Waals surface area (Å²) in [6, 6.07) is 4.92. The van der Waals surface area contributed by atoms with Crippen molar-refractivity contribution in [3.63, 3.8) is 0 Å². The van der Waals surface area contributed by atoms with Gasteiger partial charge in [0.05, 0.1) is 0 Å². The minimum absolute atomic E-state index is 0.222. The Bertz CT molecular complexity index is 310. The Kier molecular flexibility index (Phi) is 4.56. The monoisotopic (exact) mass is 211 g/mol. The predicted octanol–water partition coefficient (Wildman–Crippen LogP) is 2.51. The van der Waals surface area contributed by atoms with E-state index >= 15 is 0 Å². The summed E-state index contributed by atoms with van der Waals surface area (Å²) in [6.45, 7) is 4.56. The van der Waals surface area contributed by atoms with Crippen molar-refractivity contribution in [1.82, 2.24) is 5.32 Å². The summed E-state index contributed by atoms with van der Waals surface area (Å²) < 4.78 is 18.4. The molecule has 0 fully saturated rings. The molecule has 84 valence electrons. The van der Waals surface area contributed by atoms with Gasteiger partial charge < -0.3 is 10.1 Å². The lowest BCUT2D eigenvalue weighted by molar-refractivity contribution is 0.265. The molecule has 0 amide bonds. The maximum Gasteiger partial charge on any atom is 0.123 e. The maximum atomic E-state index is 12.8. The lowest BCUT2D eigenvalue weighted by Gasteiger charge is -2.16. The fraction of sp³-hybridized carbons (Fsp3) is 0.500. The Hall–Kier alpha value is -1.09. The van der Waals surface area contributed by atoms with E-state index < -0.39 is 0 Å². The third-order valence-corrected chi connectivity index (χ3v) is 2.48. The Morgan fingerprint density at radius 2 is 2.20 bits per heavy atom. The van der Waals surface area contributed by atoms with Crippen molar-refractivity contribution in [2.75, 3.05) is 13.7 Å². The summed E-state index contributed by atoms with van der Waals surface area (Å²) in [7, 11) is 1.91. The number of hydrogen-bond acceptors (Lipinski definition) is 2. The first-order chi connectivity index (χ1) is 7.17. The quantitative estimate of drug-likeness (QED) is 0.808. The molecule has 15 heavy (non-hydrogen) atoms. The van der Waals surface area contributed by atoms with Gasteiger partial charge in [0.2, 0.25) is 0 Å². The van der Waals surface area contributed by atoms with Crippen molar-refractivity contribution in [2.45, 2.75) is 26.3 Å². The highest BCUT2D eigenvalue weighted by Crippen LogP contribution is 2.18. The Labute approximate surface area is 90.4 Å². The molecule has 1 atom stereocenters. The second-order valence-electron chi connectivity index (χ2n) is 3.61. The van der Waals surface area contributed by atoms with E-state index in [1.165, 1.54) is 12.1 Å². The van der Waals surface area contributed by atoms with Crippen LogP contribution in [0.2, 0.25) is 0 Å². The van der Waals surface area contributed by atoms with Crippen LogP contribution in [0.1, 0.15) is 18.9 Å². The molecular weight excluding hydrogens is 193 g/mol. The Morgan fingerprint density at radius 1 is 1.47 bits per heavy atom. The van der Waals surface area contributed by atoms with Crippen molar-refractivity contribution in [2.24, 2.45) is 0 Å². The van der Waals surface area contributed by atoms with Crippen LogP contribution in [0, 0.1) is 12.7 Å². The van der Waals surface area contributed by atoms with Gasteiger partial charge in [0.15, 0.2) is 0 Å². The van der Waals surface area contributed by atoms with Crippen LogP contribution in [0.5, 0.6) is 5.75 Å². The van der Waals surface area contributed by atoms with Crippen LogP contribution in [0.25, 0.3) is 0 Å². The number of aryl methyl sites for hydroxylation is 1. The van der Waals surface area contributed by atoms with Gasteiger partial charge in [0.25, 0.3) is 0 Å². The molecule has 0 aliphatic heterocycles. The molecule has 1 N–H and O–H groups in total. The van der Waals surface area contributed by atoms with Crippen LogP contribution in [-0.4, -0.2) is 19.7 Å². The first-order valence-electron chi connectivity index (χ1n) is 5.23. The SMILES string of the molecule is CCC(COc1ccc(F)cc1C)NC. The van der Waals surface area contributed by atoms with Gasteiger partial charge in [-0.25, -0.2) is 4.39 Å². The summed E-state index contributed by atoms with van der Waals surface area (Å²) in [5, 5.41) is 3.15. The molecule has 1 unspecified atom stereocenters. The van der Waals surface area contributed by atoms with Gasteiger partial charge in [-0.15, -0.1) is 0 Å². The van der Waals surface area contributed by atoms with Crippen molar-refractivity contribution in [1.29, 1.82) is 0 Å². The molecule has 0 radical (unpaired) electrons. The van der Waals surface area contributed by atoms with Crippen molar-refractivity contribution in [3.8, 4) is 5.75 Å². The van der Waals surface area contributed by atoms with E-state index in [0.717, 1.165) is 17.7 Å². The summed E-state index contributed by atoms with van der Waals surface area (Å²) in [6.07, 6.45) is 1.01. The first kappa shape index (κ1) is 12.0. The average molecular weight is 211 g/mol. The zero-order valence-electron chi connectivity index (χ0n) is 9.51. The minimum Gasteiger partial charge on any atom is -0.492 e. The highest BCUT2D eigenvalue weighted by Gasteiger charge is 2.05. The van der Waals surface area contributed by atoms with Crippen molar-refractivity contribution in [3.05, 3.63) is 29.6 Å². The third-order valence-electron chi connectivity index (χ3n) is 2.48. The Balaban J connectivity index is 2.57. The standard InChI is InChI=1S/C12H18FNO/c1-4-11(14-3)8-15-12-6-5-10(13)7-9(12)2/h5-7,11,14H,4,8H2,1-3H3. The zero-order valence-corrected chi connectivity index (χ0v) is 9.51. The molecule has 1 rings (SSSR count). The van der Waals surface area contributed by atoms with Crippen molar-refractivity contribution >= 4 is 0 Å². The van der Waals surface area contributed by atoms with Gasteiger partial charge in [-0.05, 0) is 44.2 Å². The predicted molar refractivity (Wildman–Crippen MR) is 59.8 cm³/mol. The topological polar surface area (TPSA) is 21.3 Å². The molecule has 0 saturated carbocycles. The van der Waals surface area contributed by atoms with Crippen molar-refractivity contribution < 1.29 is 9.13 Å². The zero-order chi connectivity index (χ0) is 11.3. The molecule has 0 saturated heterocycles. The minimum atomic E-state index is -0.222. The number of ether oxygens (including phenoxy) is 1. The van der Waals surface area contributed by atoms with E-state index in [9.17, 15) is 4.39 Å². The average Bonchev–Trinajstić information content (AvgIpc) is 2.22. The number of benzene rings is 1. The molecule has 1 aromatic carbocycles. The lowest BCUT2D eigenvalue weighted by Crippen LogP contribution is -2.30. The molecule has 0 aliphatic carbocycles. The fourth-order valence-corrected chi connectivity index (χ4v) is 1.37. The molecular formula is C12H18FNO. The molecule has 1 aromatic rings. The van der Waals surface area contributed by atoms with Crippen LogP contribution < -0.4 is 10.1 Å².